The van der Waals surface area contributed by atoms with Crippen molar-refractivity contribution in [3.8, 4) is 0 Å². The van der Waals surface area contributed by atoms with E-state index in [1.165, 1.54) is 11.1 Å². The Morgan fingerprint density at radius 2 is 1.90 bits per heavy atom. The van der Waals surface area contributed by atoms with Crippen LogP contribution in [0.1, 0.15) is 43.1 Å². The van der Waals surface area contributed by atoms with Crippen LogP contribution in [0, 0.1) is 13.8 Å². The lowest BCUT2D eigenvalue weighted by Gasteiger charge is -2.37. The van der Waals surface area contributed by atoms with E-state index in [2.05, 4.69) is 50.8 Å². The van der Waals surface area contributed by atoms with Gasteiger partial charge in [-0.25, -0.2) is 0 Å². The van der Waals surface area contributed by atoms with Gasteiger partial charge in [-0.2, -0.15) is 0 Å². The zero-order valence-corrected chi connectivity index (χ0v) is 13.1. The molecule has 3 heteroatoms. The molecule has 1 saturated heterocycles. The largest absolute Gasteiger partial charge is 0.388 e. The third-order valence-corrected chi connectivity index (χ3v) is 4.06. The van der Waals surface area contributed by atoms with Crippen LogP contribution in [-0.4, -0.2) is 41.8 Å². The fourth-order valence-electron chi connectivity index (χ4n) is 2.94. The molecule has 1 aliphatic rings. The third kappa shape index (κ3) is 4.05. The Hall–Kier alpha value is -0.900. The van der Waals surface area contributed by atoms with Gasteiger partial charge in [-0.05, 0) is 39.7 Å². The molecule has 0 aromatic heterocycles. The van der Waals surface area contributed by atoms with E-state index in [0.717, 1.165) is 31.7 Å². The van der Waals surface area contributed by atoms with Crippen LogP contribution in [0.3, 0.4) is 0 Å². The van der Waals surface area contributed by atoms with E-state index in [1.807, 2.05) is 0 Å². The maximum Gasteiger partial charge on any atom is 0.0802 e. The zero-order valence-electron chi connectivity index (χ0n) is 13.1. The molecule has 0 spiro atoms. The number of aryl methyl sites for hydroxylation is 2. The van der Waals surface area contributed by atoms with Gasteiger partial charge < -0.3 is 9.84 Å². The molecule has 0 aliphatic carbocycles. The van der Waals surface area contributed by atoms with E-state index < -0.39 is 0 Å². The molecule has 3 atom stereocenters. The van der Waals surface area contributed by atoms with Gasteiger partial charge in [0.2, 0.25) is 0 Å². The summed E-state index contributed by atoms with van der Waals surface area (Å²) in [5.41, 5.74) is 3.47. The molecule has 0 radical (unpaired) electrons. The molecule has 1 aliphatic heterocycles. The summed E-state index contributed by atoms with van der Waals surface area (Å²) < 4.78 is 5.64. The predicted molar refractivity (Wildman–Crippen MR) is 81.9 cm³/mol. The molecule has 1 N–H and O–H groups in total. The predicted octanol–water partition coefficient (Wildman–Crippen LogP) is 2.84. The van der Waals surface area contributed by atoms with E-state index in [0.29, 0.717) is 12.1 Å². The van der Waals surface area contributed by atoms with Gasteiger partial charge in [-0.1, -0.05) is 29.3 Å². The highest BCUT2D eigenvalue weighted by Crippen LogP contribution is 2.21. The van der Waals surface area contributed by atoms with Crippen molar-refractivity contribution >= 4 is 0 Å². The number of nitrogens with zero attached hydrogens (tertiary/aromatic N) is 1. The standard InChI is InChI=1S/C17H27NO2/c1-12-7-13(2)9-16(8-12)17(19)5-6-18-10-15(4)20-11-14(18)3/h7-9,14-15,17,19H,5-6,10-11H2,1-4H3. The number of hydrogen-bond acceptors (Lipinski definition) is 3. The summed E-state index contributed by atoms with van der Waals surface area (Å²) in [6, 6.07) is 6.76. The number of rotatable bonds is 4. The van der Waals surface area contributed by atoms with Crippen molar-refractivity contribution in [2.45, 2.75) is 52.4 Å². The van der Waals surface area contributed by atoms with Crippen LogP contribution in [-0.2, 0) is 4.74 Å². The number of aliphatic hydroxyl groups excluding tert-OH is 1. The molecule has 0 saturated carbocycles. The van der Waals surface area contributed by atoms with Crippen LogP contribution >= 0.6 is 0 Å². The minimum absolute atomic E-state index is 0.296. The summed E-state index contributed by atoms with van der Waals surface area (Å²) in [6.45, 7) is 11.1. The molecular weight excluding hydrogens is 250 g/mol. The second-order valence-corrected chi connectivity index (χ2v) is 6.21. The molecule has 3 nitrogen and oxygen atoms in total. The fraction of sp³-hybridized carbons (Fsp3) is 0.647. The first-order valence-corrected chi connectivity index (χ1v) is 7.57. The molecular formula is C17H27NO2. The van der Waals surface area contributed by atoms with Crippen LogP contribution in [0.15, 0.2) is 18.2 Å². The second-order valence-electron chi connectivity index (χ2n) is 6.21. The van der Waals surface area contributed by atoms with Crippen LogP contribution < -0.4 is 0 Å². The van der Waals surface area contributed by atoms with E-state index in [-0.39, 0.29) is 6.10 Å². The highest BCUT2D eigenvalue weighted by atomic mass is 16.5. The maximum atomic E-state index is 10.4. The molecule has 0 amide bonds. The Bertz CT molecular complexity index is 426. The molecule has 1 fully saturated rings. The Morgan fingerprint density at radius 1 is 1.25 bits per heavy atom. The average molecular weight is 277 g/mol. The molecule has 1 aromatic rings. The maximum absolute atomic E-state index is 10.4. The topological polar surface area (TPSA) is 32.7 Å². The van der Waals surface area contributed by atoms with Gasteiger partial charge in [0.1, 0.15) is 0 Å². The molecule has 0 bridgehead atoms. The van der Waals surface area contributed by atoms with Crippen LogP contribution in [0.2, 0.25) is 0 Å². The summed E-state index contributed by atoms with van der Waals surface area (Å²) >= 11 is 0. The summed E-state index contributed by atoms with van der Waals surface area (Å²) in [5, 5.41) is 10.4. The van der Waals surface area contributed by atoms with Crippen LogP contribution in [0.4, 0.5) is 0 Å². The summed E-state index contributed by atoms with van der Waals surface area (Å²) in [6.07, 6.45) is 0.698. The van der Waals surface area contributed by atoms with E-state index >= 15 is 0 Å². The van der Waals surface area contributed by atoms with Gasteiger partial charge in [0.05, 0.1) is 18.8 Å². The van der Waals surface area contributed by atoms with Gasteiger partial charge in [0, 0.05) is 19.1 Å². The zero-order chi connectivity index (χ0) is 14.7. The number of morpholine rings is 1. The van der Waals surface area contributed by atoms with Crippen molar-refractivity contribution in [2.75, 3.05) is 19.7 Å². The van der Waals surface area contributed by atoms with Crippen molar-refractivity contribution < 1.29 is 9.84 Å². The highest BCUT2D eigenvalue weighted by molar-refractivity contribution is 5.29. The Labute approximate surface area is 122 Å². The molecule has 3 unspecified atom stereocenters. The van der Waals surface area contributed by atoms with Crippen molar-refractivity contribution in [2.24, 2.45) is 0 Å². The summed E-state index contributed by atoms with van der Waals surface area (Å²) in [5.74, 6) is 0. The van der Waals surface area contributed by atoms with E-state index in [1.54, 1.807) is 0 Å². The minimum atomic E-state index is -0.376. The summed E-state index contributed by atoms with van der Waals surface area (Å²) in [7, 11) is 0. The molecule has 20 heavy (non-hydrogen) atoms. The van der Waals surface area contributed by atoms with Gasteiger partial charge in [-0.15, -0.1) is 0 Å². The van der Waals surface area contributed by atoms with Crippen LogP contribution in [0.25, 0.3) is 0 Å². The Balaban J connectivity index is 1.92. The van der Waals surface area contributed by atoms with Crippen LogP contribution in [0.5, 0.6) is 0 Å². The van der Waals surface area contributed by atoms with E-state index in [4.69, 9.17) is 4.74 Å². The highest BCUT2D eigenvalue weighted by Gasteiger charge is 2.23. The Morgan fingerprint density at radius 3 is 2.55 bits per heavy atom. The van der Waals surface area contributed by atoms with Gasteiger partial charge in [0.15, 0.2) is 0 Å². The quantitative estimate of drug-likeness (QED) is 0.918. The normalized spacial score (nSPS) is 25.6. The number of benzene rings is 1. The van der Waals surface area contributed by atoms with Gasteiger partial charge in [0.25, 0.3) is 0 Å². The average Bonchev–Trinajstić information content (AvgIpc) is 2.38. The molecule has 112 valence electrons. The van der Waals surface area contributed by atoms with Gasteiger partial charge in [-0.3, -0.25) is 4.90 Å². The van der Waals surface area contributed by atoms with Crippen molar-refractivity contribution in [3.63, 3.8) is 0 Å². The smallest absolute Gasteiger partial charge is 0.0802 e. The van der Waals surface area contributed by atoms with Gasteiger partial charge >= 0.3 is 0 Å². The number of ether oxygens (including phenoxy) is 1. The first-order chi connectivity index (χ1) is 9.45. The molecule has 2 rings (SSSR count). The number of hydrogen-bond donors (Lipinski definition) is 1. The monoisotopic (exact) mass is 277 g/mol. The van der Waals surface area contributed by atoms with Crippen molar-refractivity contribution in [3.05, 3.63) is 34.9 Å². The SMILES string of the molecule is Cc1cc(C)cc(C(O)CCN2CC(C)OCC2C)c1. The Kier molecular flexibility index (Phi) is 5.19. The first-order valence-electron chi connectivity index (χ1n) is 7.57. The lowest BCUT2D eigenvalue weighted by molar-refractivity contribution is -0.0527. The second kappa shape index (κ2) is 6.70. The molecule has 1 heterocycles. The summed E-state index contributed by atoms with van der Waals surface area (Å²) in [4.78, 5) is 2.42. The number of aliphatic hydroxyl groups is 1. The van der Waals surface area contributed by atoms with Crippen molar-refractivity contribution in [1.29, 1.82) is 0 Å². The lowest BCUT2D eigenvalue weighted by Crippen LogP contribution is -2.47. The first kappa shape index (κ1) is 15.5. The fourth-order valence-corrected chi connectivity index (χ4v) is 2.94. The van der Waals surface area contributed by atoms with Crippen molar-refractivity contribution in [1.82, 2.24) is 4.90 Å². The molecule has 1 aromatic carbocycles. The third-order valence-electron chi connectivity index (χ3n) is 4.06. The van der Waals surface area contributed by atoms with E-state index in [9.17, 15) is 5.11 Å². The minimum Gasteiger partial charge on any atom is -0.388 e. The lowest BCUT2D eigenvalue weighted by atomic mass is 10.0.